The summed E-state index contributed by atoms with van der Waals surface area (Å²) in [5.41, 5.74) is 1.95. The fourth-order valence-electron chi connectivity index (χ4n) is 3.01. The van der Waals surface area contributed by atoms with E-state index in [0.29, 0.717) is 23.5 Å². The van der Waals surface area contributed by atoms with Gasteiger partial charge in [0.15, 0.2) is 5.78 Å². The Labute approximate surface area is 172 Å². The van der Waals surface area contributed by atoms with Gasteiger partial charge in [-0.2, -0.15) is 13.2 Å². The van der Waals surface area contributed by atoms with Crippen molar-refractivity contribution in [3.8, 4) is 5.75 Å². The van der Waals surface area contributed by atoms with Gasteiger partial charge in [-0.3, -0.25) is 9.59 Å². The summed E-state index contributed by atoms with van der Waals surface area (Å²) in [4.78, 5) is 24.5. The zero-order valence-corrected chi connectivity index (χ0v) is 16.1. The number of rotatable bonds is 3. The highest BCUT2D eigenvalue weighted by Crippen LogP contribution is 2.25. The molecule has 1 amide bonds. The normalized spacial score (nSPS) is 15.8. The molecule has 0 radical (unpaired) electrons. The van der Waals surface area contributed by atoms with E-state index in [-0.39, 0.29) is 25.3 Å². The monoisotopic (exact) mass is 415 g/mol. The average molecular weight is 415 g/mol. The summed E-state index contributed by atoms with van der Waals surface area (Å²) in [5, 5.41) is 0. The van der Waals surface area contributed by atoms with E-state index < -0.39 is 12.1 Å². The van der Waals surface area contributed by atoms with Crippen molar-refractivity contribution in [2.24, 2.45) is 0 Å². The van der Waals surface area contributed by atoms with Crippen LogP contribution in [0.1, 0.15) is 23.1 Å². The molecule has 2 aromatic carbocycles. The molecular weight excluding hydrogens is 395 g/mol. The first-order valence-corrected chi connectivity index (χ1v) is 9.37. The second-order valence-electron chi connectivity index (χ2n) is 6.79. The van der Waals surface area contributed by atoms with Crippen molar-refractivity contribution in [3.63, 3.8) is 0 Å². The zero-order valence-electron chi connectivity index (χ0n) is 16.1. The van der Waals surface area contributed by atoms with Gasteiger partial charge in [-0.15, -0.1) is 0 Å². The number of hydrogen-bond acceptors (Lipinski definition) is 3. The van der Waals surface area contributed by atoms with Crippen molar-refractivity contribution in [1.29, 1.82) is 0 Å². The van der Waals surface area contributed by atoms with Gasteiger partial charge < -0.3 is 9.64 Å². The number of halogens is 3. The van der Waals surface area contributed by atoms with Crippen LogP contribution in [0.15, 0.2) is 66.8 Å². The Morgan fingerprint density at radius 2 is 1.80 bits per heavy atom. The van der Waals surface area contributed by atoms with Gasteiger partial charge in [0.25, 0.3) is 0 Å². The minimum atomic E-state index is -4.98. The third-order valence-corrected chi connectivity index (χ3v) is 4.53. The Kier molecular flexibility index (Phi) is 6.72. The van der Waals surface area contributed by atoms with E-state index in [0.717, 1.165) is 10.5 Å². The lowest BCUT2D eigenvalue weighted by atomic mass is 10.0. The smallest absolute Gasteiger partial charge is 0.471 e. The Morgan fingerprint density at radius 1 is 1.03 bits per heavy atom. The second kappa shape index (κ2) is 9.43. The Morgan fingerprint density at radius 3 is 2.53 bits per heavy atom. The molecule has 0 atom stereocenters. The van der Waals surface area contributed by atoms with Crippen molar-refractivity contribution >= 4 is 17.8 Å². The number of amides is 1. The fourth-order valence-corrected chi connectivity index (χ4v) is 3.01. The highest BCUT2D eigenvalue weighted by atomic mass is 19.4. The van der Waals surface area contributed by atoms with Gasteiger partial charge >= 0.3 is 12.1 Å². The van der Waals surface area contributed by atoms with Gasteiger partial charge in [-0.25, -0.2) is 0 Å². The molecule has 0 spiro atoms. The lowest BCUT2D eigenvalue weighted by Crippen LogP contribution is -2.41. The number of ketones is 1. The molecule has 1 aliphatic heterocycles. The number of fused-ring (bicyclic) bond motifs is 1. The first kappa shape index (κ1) is 21.4. The molecule has 0 aromatic heterocycles. The summed E-state index contributed by atoms with van der Waals surface area (Å²) >= 11 is 0. The quantitative estimate of drug-likeness (QED) is 0.730. The third kappa shape index (κ3) is 5.83. The minimum absolute atomic E-state index is 0.140. The van der Waals surface area contributed by atoms with Crippen LogP contribution >= 0.6 is 0 Å². The molecule has 3 rings (SSSR count). The van der Waals surface area contributed by atoms with Crippen LogP contribution in [0.5, 0.6) is 5.75 Å². The average Bonchev–Trinajstić information content (AvgIpc) is 2.76. The summed E-state index contributed by atoms with van der Waals surface area (Å²) in [7, 11) is 0. The van der Waals surface area contributed by atoms with Crippen LogP contribution in [0.3, 0.4) is 0 Å². The third-order valence-electron chi connectivity index (χ3n) is 4.53. The standard InChI is InChI=1S/C23H20F3NO3/c24-23(25,26)22(29)27-13-5-4-8-20(28)11-9-18-10-12-21(14-19(18)15-27)30-16-17-6-2-1-3-7-17/h1-4,6-12,14H,5,13,15-16H2/b8-4-,11-9?. The van der Waals surface area contributed by atoms with Crippen LogP contribution in [0, 0.1) is 0 Å². The van der Waals surface area contributed by atoms with Crippen LogP contribution in [-0.2, 0) is 22.7 Å². The van der Waals surface area contributed by atoms with E-state index >= 15 is 0 Å². The van der Waals surface area contributed by atoms with Crippen molar-refractivity contribution < 1.29 is 27.5 Å². The van der Waals surface area contributed by atoms with Crippen LogP contribution in [0.4, 0.5) is 13.2 Å². The molecule has 0 aliphatic carbocycles. The van der Waals surface area contributed by atoms with Gasteiger partial charge in [0.05, 0.1) is 0 Å². The van der Waals surface area contributed by atoms with Crippen LogP contribution in [0.2, 0.25) is 0 Å². The predicted molar refractivity (Wildman–Crippen MR) is 106 cm³/mol. The van der Waals surface area contributed by atoms with E-state index in [1.165, 1.54) is 24.3 Å². The van der Waals surface area contributed by atoms with Gasteiger partial charge in [-0.05, 0) is 47.4 Å². The maximum Gasteiger partial charge on any atom is 0.471 e. The number of nitrogens with zero attached hydrogens (tertiary/aromatic N) is 1. The molecule has 1 heterocycles. The highest BCUT2D eigenvalue weighted by molar-refractivity contribution is 6.02. The number of hydrogen-bond donors (Lipinski definition) is 0. The number of allylic oxidation sites excluding steroid dienone is 2. The van der Waals surface area contributed by atoms with Crippen LogP contribution < -0.4 is 4.74 Å². The number of carbonyl (C=O) groups excluding carboxylic acids is 2. The fraction of sp³-hybridized carbons (Fsp3) is 0.217. The van der Waals surface area contributed by atoms with Crippen molar-refractivity contribution in [3.05, 3.63) is 83.4 Å². The van der Waals surface area contributed by atoms with Crippen molar-refractivity contribution in [1.82, 2.24) is 4.90 Å². The van der Waals surface area contributed by atoms with Crippen LogP contribution in [0.25, 0.3) is 6.08 Å². The molecule has 0 N–H and O–H groups in total. The van der Waals surface area contributed by atoms with E-state index in [9.17, 15) is 22.8 Å². The molecule has 4 nitrogen and oxygen atoms in total. The molecule has 0 unspecified atom stereocenters. The molecule has 0 bridgehead atoms. The Bertz CT molecular complexity index is 965. The summed E-state index contributed by atoms with van der Waals surface area (Å²) in [6.45, 7) is -0.109. The maximum absolute atomic E-state index is 13.1. The molecule has 30 heavy (non-hydrogen) atoms. The summed E-state index contributed by atoms with van der Waals surface area (Å²) in [6, 6.07) is 14.4. The SMILES string of the molecule is O=C1C=Cc2ccc(OCc3ccccc3)cc2CN(C(=O)C(F)(F)F)CC/C=C\1. The first-order valence-electron chi connectivity index (χ1n) is 9.37. The van der Waals surface area contributed by atoms with Crippen molar-refractivity contribution in [2.45, 2.75) is 25.7 Å². The molecule has 0 fully saturated rings. The van der Waals surface area contributed by atoms with Crippen LogP contribution in [-0.4, -0.2) is 29.3 Å². The first-order chi connectivity index (χ1) is 14.3. The number of alkyl halides is 3. The number of ether oxygens (including phenoxy) is 1. The molecule has 2 aromatic rings. The van der Waals surface area contributed by atoms with E-state index in [1.807, 2.05) is 30.3 Å². The molecule has 0 saturated carbocycles. The van der Waals surface area contributed by atoms with Crippen molar-refractivity contribution in [2.75, 3.05) is 6.54 Å². The topological polar surface area (TPSA) is 46.6 Å². The number of carbonyl (C=O) groups is 2. The number of benzene rings is 2. The lowest BCUT2D eigenvalue weighted by Gasteiger charge is -2.24. The van der Waals surface area contributed by atoms with Gasteiger partial charge in [0, 0.05) is 13.1 Å². The van der Waals surface area contributed by atoms with E-state index in [1.54, 1.807) is 18.2 Å². The summed E-state index contributed by atoms with van der Waals surface area (Å²) in [6.07, 6.45) is 0.798. The molecule has 1 aliphatic rings. The van der Waals surface area contributed by atoms with Gasteiger partial charge in [0.1, 0.15) is 12.4 Å². The maximum atomic E-state index is 13.1. The lowest BCUT2D eigenvalue weighted by molar-refractivity contribution is -0.186. The van der Waals surface area contributed by atoms with E-state index in [2.05, 4.69) is 0 Å². The minimum Gasteiger partial charge on any atom is -0.489 e. The van der Waals surface area contributed by atoms with E-state index in [4.69, 9.17) is 4.74 Å². The Hall–Kier alpha value is -3.35. The largest absolute Gasteiger partial charge is 0.489 e. The highest BCUT2D eigenvalue weighted by Gasteiger charge is 2.42. The zero-order chi connectivity index (χ0) is 21.6. The van der Waals surface area contributed by atoms with Gasteiger partial charge in [0.2, 0.25) is 0 Å². The molecular formula is C23H20F3NO3. The molecule has 7 heteroatoms. The summed E-state index contributed by atoms with van der Waals surface area (Å²) in [5.74, 6) is -1.72. The second-order valence-corrected chi connectivity index (χ2v) is 6.79. The molecule has 0 saturated heterocycles. The summed E-state index contributed by atoms with van der Waals surface area (Å²) < 4.78 is 44.9. The van der Waals surface area contributed by atoms with Gasteiger partial charge in [-0.1, -0.05) is 48.6 Å². The Balaban J connectivity index is 1.90. The molecule has 156 valence electrons. The predicted octanol–water partition coefficient (Wildman–Crippen LogP) is 4.70.